The Morgan fingerprint density at radius 3 is 2.41 bits per heavy atom. The summed E-state index contributed by atoms with van der Waals surface area (Å²) in [5, 5.41) is 11.9. The molecule has 0 aromatic heterocycles. The molecule has 22 heavy (non-hydrogen) atoms. The number of phenolic OH excluding ortho intramolecular Hbond substituents is 1. The number of nitrogens with one attached hydrogen (secondary N) is 1. The number of esters is 1. The first-order valence-electron chi connectivity index (χ1n) is 7.20. The Morgan fingerprint density at radius 2 is 1.86 bits per heavy atom. The Bertz CT molecular complexity index is 506. The molecule has 122 valence electrons. The molecule has 0 bridgehead atoms. The molecule has 0 unspecified atom stereocenters. The third kappa shape index (κ3) is 7.08. The maximum absolute atomic E-state index is 11.8. The number of benzene rings is 1. The lowest BCUT2D eigenvalue weighted by Crippen LogP contribution is -2.43. The van der Waals surface area contributed by atoms with Gasteiger partial charge >= 0.3 is 5.97 Å². The average molecular weight is 308 g/mol. The Balaban J connectivity index is 2.32. The van der Waals surface area contributed by atoms with E-state index in [1.807, 2.05) is 0 Å². The van der Waals surface area contributed by atoms with E-state index in [2.05, 4.69) is 5.32 Å². The minimum absolute atomic E-state index is 0.150. The maximum atomic E-state index is 11.8. The SMILES string of the molecule is CC(C)(C)OC(=O)C[C@@H](N)C(=O)NCCc1ccc(O)cc1. The van der Waals surface area contributed by atoms with Crippen molar-refractivity contribution in [1.82, 2.24) is 5.32 Å². The molecule has 1 aromatic rings. The van der Waals surface area contributed by atoms with Crippen molar-refractivity contribution in [2.45, 2.75) is 45.3 Å². The highest BCUT2D eigenvalue weighted by Gasteiger charge is 2.22. The summed E-state index contributed by atoms with van der Waals surface area (Å²) in [5.41, 5.74) is 6.08. The lowest BCUT2D eigenvalue weighted by atomic mass is 10.1. The summed E-state index contributed by atoms with van der Waals surface area (Å²) in [7, 11) is 0. The fourth-order valence-electron chi connectivity index (χ4n) is 1.78. The smallest absolute Gasteiger partial charge is 0.308 e. The molecule has 1 rings (SSSR count). The second-order valence-corrected chi connectivity index (χ2v) is 6.10. The molecule has 0 aliphatic carbocycles. The van der Waals surface area contributed by atoms with Crippen LogP contribution in [0.4, 0.5) is 0 Å². The number of nitrogens with two attached hydrogens (primary N) is 1. The van der Waals surface area contributed by atoms with Crippen molar-refractivity contribution in [2.75, 3.05) is 6.54 Å². The lowest BCUT2D eigenvalue weighted by molar-refractivity contribution is -0.156. The van der Waals surface area contributed by atoms with E-state index in [0.29, 0.717) is 13.0 Å². The van der Waals surface area contributed by atoms with Crippen LogP contribution in [0, 0.1) is 0 Å². The van der Waals surface area contributed by atoms with Crippen molar-refractivity contribution >= 4 is 11.9 Å². The van der Waals surface area contributed by atoms with Gasteiger partial charge in [-0.05, 0) is 44.9 Å². The molecule has 0 heterocycles. The van der Waals surface area contributed by atoms with Gasteiger partial charge in [0.05, 0.1) is 12.5 Å². The van der Waals surface area contributed by atoms with Gasteiger partial charge in [-0.25, -0.2) is 0 Å². The van der Waals surface area contributed by atoms with E-state index >= 15 is 0 Å². The van der Waals surface area contributed by atoms with Gasteiger partial charge in [0.25, 0.3) is 0 Å². The number of amides is 1. The topological polar surface area (TPSA) is 102 Å². The highest BCUT2D eigenvalue weighted by atomic mass is 16.6. The maximum Gasteiger partial charge on any atom is 0.308 e. The molecule has 4 N–H and O–H groups in total. The fraction of sp³-hybridized carbons (Fsp3) is 0.500. The molecule has 0 saturated carbocycles. The summed E-state index contributed by atoms with van der Waals surface area (Å²) in [6.45, 7) is 5.68. The monoisotopic (exact) mass is 308 g/mol. The number of carbonyl (C=O) groups excluding carboxylic acids is 2. The van der Waals surface area contributed by atoms with E-state index in [-0.39, 0.29) is 18.1 Å². The summed E-state index contributed by atoms with van der Waals surface area (Å²) in [6, 6.07) is 5.82. The number of hydrogen-bond donors (Lipinski definition) is 3. The first kappa shape index (κ1) is 18.0. The largest absolute Gasteiger partial charge is 0.508 e. The van der Waals surface area contributed by atoms with Crippen LogP contribution in [0.2, 0.25) is 0 Å². The fourth-order valence-corrected chi connectivity index (χ4v) is 1.78. The first-order chi connectivity index (χ1) is 10.2. The second kappa shape index (κ2) is 7.79. The quantitative estimate of drug-likeness (QED) is 0.683. The summed E-state index contributed by atoms with van der Waals surface area (Å²) >= 11 is 0. The predicted molar refractivity (Wildman–Crippen MR) is 83.3 cm³/mol. The summed E-state index contributed by atoms with van der Waals surface area (Å²) < 4.78 is 5.12. The molecule has 0 radical (unpaired) electrons. The minimum Gasteiger partial charge on any atom is -0.508 e. The van der Waals surface area contributed by atoms with Gasteiger partial charge in [-0.2, -0.15) is 0 Å². The normalized spacial score (nSPS) is 12.5. The van der Waals surface area contributed by atoms with Crippen LogP contribution in [-0.2, 0) is 20.7 Å². The van der Waals surface area contributed by atoms with Crippen LogP contribution < -0.4 is 11.1 Å². The number of phenols is 1. The molecule has 0 saturated heterocycles. The molecule has 1 aromatic carbocycles. The molecule has 0 aliphatic heterocycles. The number of hydrogen-bond acceptors (Lipinski definition) is 5. The molecule has 1 amide bonds. The molecule has 6 nitrogen and oxygen atoms in total. The van der Waals surface area contributed by atoms with Crippen molar-refractivity contribution in [1.29, 1.82) is 0 Å². The Kier molecular flexibility index (Phi) is 6.37. The van der Waals surface area contributed by atoms with E-state index in [1.54, 1.807) is 45.0 Å². The molecule has 1 atom stereocenters. The second-order valence-electron chi connectivity index (χ2n) is 6.10. The molecule has 0 aliphatic rings. The van der Waals surface area contributed by atoms with Gasteiger partial charge in [0.15, 0.2) is 0 Å². The summed E-state index contributed by atoms with van der Waals surface area (Å²) in [6.07, 6.45) is 0.466. The zero-order chi connectivity index (χ0) is 16.8. The van der Waals surface area contributed by atoms with E-state index in [4.69, 9.17) is 10.5 Å². The predicted octanol–water partition coefficient (Wildman–Crippen LogP) is 1.11. The lowest BCUT2D eigenvalue weighted by Gasteiger charge is -2.20. The van der Waals surface area contributed by atoms with Crippen LogP contribution >= 0.6 is 0 Å². The number of aromatic hydroxyl groups is 1. The van der Waals surface area contributed by atoms with Gasteiger partial charge in [0.1, 0.15) is 11.4 Å². The number of rotatable bonds is 6. The Morgan fingerprint density at radius 1 is 1.27 bits per heavy atom. The van der Waals surface area contributed by atoms with Crippen LogP contribution in [0.1, 0.15) is 32.8 Å². The molecule has 6 heteroatoms. The van der Waals surface area contributed by atoms with Crippen LogP contribution in [0.25, 0.3) is 0 Å². The van der Waals surface area contributed by atoms with Crippen molar-refractivity contribution in [3.8, 4) is 5.75 Å². The highest BCUT2D eigenvalue weighted by molar-refractivity contribution is 5.86. The van der Waals surface area contributed by atoms with E-state index < -0.39 is 17.6 Å². The van der Waals surface area contributed by atoms with Crippen molar-refractivity contribution in [2.24, 2.45) is 5.73 Å². The van der Waals surface area contributed by atoms with Gasteiger partial charge in [0.2, 0.25) is 5.91 Å². The highest BCUT2D eigenvalue weighted by Crippen LogP contribution is 2.10. The standard InChI is InChI=1S/C16H24N2O4/c1-16(2,3)22-14(20)10-13(17)15(21)18-9-8-11-4-6-12(19)7-5-11/h4-7,13,19H,8-10,17H2,1-3H3,(H,18,21)/t13-/m1/s1. The molecule has 0 spiro atoms. The third-order valence-corrected chi connectivity index (χ3v) is 2.79. The van der Waals surface area contributed by atoms with E-state index in [9.17, 15) is 14.7 Å². The van der Waals surface area contributed by atoms with Crippen molar-refractivity contribution in [3.05, 3.63) is 29.8 Å². The Labute approximate surface area is 130 Å². The summed E-state index contributed by atoms with van der Waals surface area (Å²) in [5.74, 6) is -0.675. The van der Waals surface area contributed by atoms with Gasteiger partial charge in [-0.3, -0.25) is 9.59 Å². The van der Waals surface area contributed by atoms with Crippen molar-refractivity contribution < 1.29 is 19.4 Å². The van der Waals surface area contributed by atoms with Crippen molar-refractivity contribution in [3.63, 3.8) is 0 Å². The Hall–Kier alpha value is -2.08. The first-order valence-corrected chi connectivity index (χ1v) is 7.20. The van der Waals surface area contributed by atoms with Crippen LogP contribution in [0.5, 0.6) is 5.75 Å². The molecule has 0 fully saturated rings. The zero-order valence-corrected chi connectivity index (χ0v) is 13.3. The molecular weight excluding hydrogens is 284 g/mol. The summed E-state index contributed by atoms with van der Waals surface area (Å²) in [4.78, 5) is 23.4. The van der Waals surface area contributed by atoms with Crippen LogP contribution in [0.3, 0.4) is 0 Å². The van der Waals surface area contributed by atoms with E-state index in [0.717, 1.165) is 5.56 Å². The van der Waals surface area contributed by atoms with Gasteiger partial charge in [-0.15, -0.1) is 0 Å². The van der Waals surface area contributed by atoms with Crippen LogP contribution in [0.15, 0.2) is 24.3 Å². The van der Waals surface area contributed by atoms with E-state index in [1.165, 1.54) is 0 Å². The van der Waals surface area contributed by atoms with Gasteiger partial charge < -0.3 is 20.9 Å². The van der Waals surface area contributed by atoms with Crippen LogP contribution in [-0.4, -0.2) is 35.2 Å². The van der Waals surface area contributed by atoms with Gasteiger partial charge in [-0.1, -0.05) is 12.1 Å². The van der Waals surface area contributed by atoms with Gasteiger partial charge in [0, 0.05) is 6.54 Å². The molecular formula is C16H24N2O4. The average Bonchev–Trinajstić information content (AvgIpc) is 2.38. The number of carbonyl (C=O) groups is 2. The minimum atomic E-state index is -0.922. The third-order valence-electron chi connectivity index (χ3n) is 2.79. The zero-order valence-electron chi connectivity index (χ0n) is 13.3. The number of ether oxygens (including phenoxy) is 1.